The Morgan fingerprint density at radius 3 is 2.41 bits per heavy atom. The number of fused-ring (bicyclic) bond motifs is 1. The fourth-order valence-electron chi connectivity index (χ4n) is 3.18. The quantitative estimate of drug-likeness (QED) is 0.357. The van der Waals surface area contributed by atoms with Gasteiger partial charge < -0.3 is 20.7 Å². The second-order valence-corrected chi connectivity index (χ2v) is 7.91. The highest BCUT2D eigenvalue weighted by Crippen LogP contribution is 2.22. The van der Waals surface area contributed by atoms with E-state index in [0.29, 0.717) is 10.9 Å². The number of rotatable bonds is 7. The number of nitrogens with zero attached hydrogens (tertiary/aromatic N) is 2. The lowest BCUT2D eigenvalue weighted by Crippen LogP contribution is -2.47. The number of anilines is 2. The fourth-order valence-corrected chi connectivity index (χ4v) is 3.18. The number of carbonyl (C=O) groups excluding carboxylic acids is 3. The molecule has 4 amide bonds. The van der Waals surface area contributed by atoms with E-state index < -0.39 is 24.1 Å². The zero-order valence-corrected chi connectivity index (χ0v) is 19.1. The van der Waals surface area contributed by atoms with Crippen molar-refractivity contribution in [1.29, 1.82) is 0 Å². The van der Waals surface area contributed by atoms with Gasteiger partial charge in [-0.2, -0.15) is 5.10 Å². The Hall–Kier alpha value is -4.22. The molecule has 0 saturated carbocycles. The van der Waals surface area contributed by atoms with Crippen LogP contribution in [0, 0.1) is 11.7 Å². The minimum Gasteiger partial charge on any atom is -0.453 e. The van der Waals surface area contributed by atoms with Gasteiger partial charge in [0.2, 0.25) is 5.91 Å². The molecule has 2 aromatic heterocycles. The van der Waals surface area contributed by atoms with Gasteiger partial charge in [-0.15, -0.1) is 0 Å². The van der Waals surface area contributed by atoms with Crippen molar-refractivity contribution in [3.8, 4) is 0 Å². The molecular weight excluding hydrogens is 445 g/mol. The van der Waals surface area contributed by atoms with Crippen molar-refractivity contribution in [2.24, 2.45) is 5.92 Å². The number of methoxy groups -OCH3 is 1. The summed E-state index contributed by atoms with van der Waals surface area (Å²) in [5.41, 5.74) is 1.27. The number of H-pyrrole nitrogens is 1. The molecule has 0 fully saturated rings. The molecule has 0 spiro atoms. The fraction of sp³-hybridized carbons (Fsp3) is 0.318. The number of alkyl carbamates (subject to hydrolysis) is 1. The number of hydrogen-bond acceptors (Lipinski definition) is 6. The third-order valence-corrected chi connectivity index (χ3v) is 5.06. The Balaban J connectivity index is 1.66. The van der Waals surface area contributed by atoms with E-state index in [9.17, 15) is 18.8 Å². The Kier molecular flexibility index (Phi) is 7.61. The van der Waals surface area contributed by atoms with Crippen LogP contribution in [0.2, 0.25) is 0 Å². The molecule has 2 atom stereocenters. The van der Waals surface area contributed by atoms with Gasteiger partial charge >= 0.3 is 12.1 Å². The first kappa shape index (κ1) is 24.4. The summed E-state index contributed by atoms with van der Waals surface area (Å²) in [6, 6.07) is 5.71. The Morgan fingerprint density at radius 1 is 1.06 bits per heavy atom. The number of amides is 4. The summed E-state index contributed by atoms with van der Waals surface area (Å²) < 4.78 is 17.6. The summed E-state index contributed by atoms with van der Waals surface area (Å²) in [4.78, 5) is 40.7. The first-order valence-corrected chi connectivity index (χ1v) is 10.5. The predicted octanol–water partition coefficient (Wildman–Crippen LogP) is 3.30. The zero-order chi connectivity index (χ0) is 24.8. The van der Waals surface area contributed by atoms with E-state index in [4.69, 9.17) is 0 Å². The van der Waals surface area contributed by atoms with Gasteiger partial charge in [-0.05, 0) is 30.5 Å². The molecule has 0 aliphatic carbocycles. The van der Waals surface area contributed by atoms with Crippen molar-refractivity contribution in [1.82, 2.24) is 25.8 Å². The van der Waals surface area contributed by atoms with Gasteiger partial charge in [-0.25, -0.2) is 19.0 Å². The van der Waals surface area contributed by atoms with Crippen molar-refractivity contribution >= 4 is 40.6 Å². The van der Waals surface area contributed by atoms with Crippen molar-refractivity contribution < 1.29 is 23.5 Å². The first-order valence-electron chi connectivity index (χ1n) is 10.5. The van der Waals surface area contributed by atoms with Crippen molar-refractivity contribution in [2.45, 2.75) is 32.9 Å². The van der Waals surface area contributed by atoms with Gasteiger partial charge in [0, 0.05) is 12.3 Å². The van der Waals surface area contributed by atoms with Crippen LogP contribution in [0.5, 0.6) is 0 Å². The van der Waals surface area contributed by atoms with Crippen LogP contribution >= 0.6 is 0 Å². The van der Waals surface area contributed by atoms with Gasteiger partial charge in [-0.3, -0.25) is 15.2 Å². The second-order valence-electron chi connectivity index (χ2n) is 7.91. The van der Waals surface area contributed by atoms with E-state index in [-0.39, 0.29) is 29.4 Å². The monoisotopic (exact) mass is 471 g/mol. The lowest BCUT2D eigenvalue weighted by Gasteiger charge is -2.20. The molecule has 2 heterocycles. The van der Waals surface area contributed by atoms with Gasteiger partial charge in [-0.1, -0.05) is 26.0 Å². The minimum absolute atomic E-state index is 0.200. The average molecular weight is 471 g/mol. The molecule has 34 heavy (non-hydrogen) atoms. The molecule has 0 aliphatic heterocycles. The van der Waals surface area contributed by atoms with Crippen molar-refractivity contribution in [3.63, 3.8) is 0 Å². The predicted molar refractivity (Wildman–Crippen MR) is 124 cm³/mol. The Labute approximate surface area is 194 Å². The molecule has 12 heteroatoms. The lowest BCUT2D eigenvalue weighted by molar-refractivity contribution is -0.119. The molecule has 0 saturated heterocycles. The molecular formula is C22H26FN7O4. The van der Waals surface area contributed by atoms with Crippen LogP contribution in [0.25, 0.3) is 10.9 Å². The summed E-state index contributed by atoms with van der Waals surface area (Å²) in [6.45, 7) is 5.33. The number of aromatic amines is 1. The second kappa shape index (κ2) is 10.6. The number of urea groups is 1. The zero-order valence-electron chi connectivity index (χ0n) is 19.1. The smallest absolute Gasteiger partial charge is 0.407 e. The average Bonchev–Trinajstić information content (AvgIpc) is 3.18. The van der Waals surface area contributed by atoms with E-state index in [1.807, 2.05) is 0 Å². The number of aromatic nitrogens is 3. The summed E-state index contributed by atoms with van der Waals surface area (Å²) in [5.74, 6) is -0.539. The van der Waals surface area contributed by atoms with Crippen LogP contribution in [-0.4, -0.2) is 46.4 Å². The van der Waals surface area contributed by atoms with Gasteiger partial charge in [0.1, 0.15) is 17.7 Å². The van der Waals surface area contributed by atoms with E-state index in [1.165, 1.54) is 25.4 Å². The van der Waals surface area contributed by atoms with Crippen LogP contribution in [0.3, 0.4) is 0 Å². The molecule has 0 unspecified atom stereocenters. The standard InChI is InChI=1S/C22H26FN7O4/c1-11(2)18(27-22(33)34-4)20(31)28-19-15-10-24-17(9-16(15)29-30-19)26-21(32)25-12(3)13-5-7-14(23)8-6-13/h5-12,18H,1-4H3,(H,27,33)(H2,24,25,26,32)(H2,28,29,30,31)/t12-,18+/m1/s1. The third kappa shape index (κ3) is 5.97. The van der Waals surface area contributed by atoms with Crippen molar-refractivity contribution in [2.75, 3.05) is 17.7 Å². The molecule has 0 aliphatic rings. The topological polar surface area (TPSA) is 150 Å². The molecule has 1 aromatic carbocycles. The van der Waals surface area contributed by atoms with E-state index in [1.54, 1.807) is 39.0 Å². The van der Waals surface area contributed by atoms with Crippen molar-refractivity contribution in [3.05, 3.63) is 47.9 Å². The summed E-state index contributed by atoms with van der Waals surface area (Å²) in [5, 5.41) is 17.9. The highest BCUT2D eigenvalue weighted by molar-refractivity contribution is 6.03. The maximum absolute atomic E-state index is 13.1. The van der Waals surface area contributed by atoms with Crippen LogP contribution in [0.1, 0.15) is 32.4 Å². The van der Waals surface area contributed by atoms with E-state index in [2.05, 4.69) is 41.2 Å². The number of carbonyl (C=O) groups is 3. The molecule has 3 rings (SSSR count). The largest absolute Gasteiger partial charge is 0.453 e. The summed E-state index contributed by atoms with van der Waals surface area (Å²) in [6.07, 6.45) is 0.733. The first-order chi connectivity index (χ1) is 16.2. The maximum Gasteiger partial charge on any atom is 0.407 e. The van der Waals surface area contributed by atoms with Crippen LogP contribution < -0.4 is 21.3 Å². The highest BCUT2D eigenvalue weighted by atomic mass is 19.1. The number of hydrogen-bond donors (Lipinski definition) is 5. The van der Waals surface area contributed by atoms with Gasteiger partial charge in [0.15, 0.2) is 5.82 Å². The summed E-state index contributed by atoms with van der Waals surface area (Å²) >= 11 is 0. The van der Waals surface area contributed by atoms with E-state index >= 15 is 0 Å². The molecule has 0 bridgehead atoms. The third-order valence-electron chi connectivity index (χ3n) is 5.06. The minimum atomic E-state index is -0.833. The SMILES string of the molecule is COC(=O)N[C@H](C(=O)Nc1n[nH]c2cc(NC(=O)N[C@H](C)c3ccc(F)cc3)ncc12)C(C)C. The number of halogens is 1. The number of pyridine rings is 1. The normalized spacial score (nSPS) is 12.6. The Bertz CT molecular complexity index is 1180. The van der Waals surface area contributed by atoms with E-state index in [0.717, 1.165) is 5.56 Å². The lowest BCUT2D eigenvalue weighted by atomic mass is 10.0. The number of nitrogens with one attached hydrogen (secondary N) is 5. The number of benzene rings is 1. The summed E-state index contributed by atoms with van der Waals surface area (Å²) in [7, 11) is 1.22. The van der Waals surface area contributed by atoms with Gasteiger partial charge in [0.25, 0.3) is 0 Å². The maximum atomic E-state index is 13.1. The molecule has 11 nitrogen and oxygen atoms in total. The molecule has 5 N–H and O–H groups in total. The van der Waals surface area contributed by atoms with Crippen LogP contribution in [0.4, 0.5) is 25.6 Å². The van der Waals surface area contributed by atoms with Crippen LogP contribution in [0.15, 0.2) is 36.5 Å². The number of ether oxygens (including phenoxy) is 1. The van der Waals surface area contributed by atoms with Gasteiger partial charge in [0.05, 0.1) is 24.1 Å². The molecule has 3 aromatic rings. The highest BCUT2D eigenvalue weighted by Gasteiger charge is 2.26. The molecule has 0 radical (unpaired) electrons. The Morgan fingerprint density at radius 2 is 1.76 bits per heavy atom. The van der Waals surface area contributed by atoms with Crippen LogP contribution in [-0.2, 0) is 9.53 Å². The molecule has 180 valence electrons.